The van der Waals surface area contributed by atoms with Gasteiger partial charge in [0.05, 0.1) is 28.3 Å². The molecule has 0 bridgehead atoms. The maximum atomic E-state index is 9.42. The van der Waals surface area contributed by atoms with E-state index in [0.717, 1.165) is 5.56 Å². The van der Waals surface area contributed by atoms with Crippen LogP contribution in [0.4, 0.5) is 0 Å². The molecule has 0 aliphatic rings. The number of halogens is 3. The standard InChI is InChI=1S/C17H12Cl3NO/c1-2-22-17-6-4-14(18)8-12(17)7-13(10-21)11-3-5-15(19)16(20)9-11/h3-9H,2H2,1H3/b13-7-. The summed E-state index contributed by atoms with van der Waals surface area (Å²) in [6, 6.07) is 12.5. The fourth-order valence-corrected chi connectivity index (χ4v) is 2.40. The molecule has 0 radical (unpaired) electrons. The average Bonchev–Trinajstić information content (AvgIpc) is 2.50. The Hall–Kier alpha value is -1.66. The highest BCUT2D eigenvalue weighted by Crippen LogP contribution is 2.30. The van der Waals surface area contributed by atoms with E-state index in [-0.39, 0.29) is 0 Å². The van der Waals surface area contributed by atoms with Crippen LogP contribution in [0.25, 0.3) is 11.6 Å². The van der Waals surface area contributed by atoms with E-state index in [2.05, 4.69) is 6.07 Å². The minimum atomic E-state index is 0.399. The molecule has 0 aliphatic heterocycles. The smallest absolute Gasteiger partial charge is 0.126 e. The first kappa shape index (κ1) is 16.7. The summed E-state index contributed by atoms with van der Waals surface area (Å²) in [6.07, 6.45) is 1.72. The molecule has 0 heterocycles. The third-order valence-electron chi connectivity index (χ3n) is 2.92. The fourth-order valence-electron chi connectivity index (χ4n) is 1.92. The number of hydrogen-bond donors (Lipinski definition) is 0. The second kappa shape index (κ2) is 7.56. The molecule has 0 spiro atoms. The first-order chi connectivity index (χ1) is 10.5. The van der Waals surface area contributed by atoms with Gasteiger partial charge in [0, 0.05) is 10.6 Å². The molecule has 2 nitrogen and oxygen atoms in total. The van der Waals surface area contributed by atoms with Crippen molar-refractivity contribution < 1.29 is 4.74 Å². The van der Waals surface area contributed by atoms with Gasteiger partial charge in [-0.05, 0) is 48.9 Å². The Labute approximate surface area is 144 Å². The maximum Gasteiger partial charge on any atom is 0.126 e. The van der Waals surface area contributed by atoms with E-state index in [1.807, 2.05) is 6.92 Å². The molecule has 0 aromatic heterocycles. The average molecular weight is 353 g/mol. The third-order valence-corrected chi connectivity index (χ3v) is 3.90. The van der Waals surface area contributed by atoms with Crippen molar-refractivity contribution in [2.45, 2.75) is 6.92 Å². The molecule has 0 atom stereocenters. The van der Waals surface area contributed by atoms with E-state index >= 15 is 0 Å². The lowest BCUT2D eigenvalue weighted by molar-refractivity contribution is 0.339. The fraction of sp³-hybridized carbons (Fsp3) is 0.118. The van der Waals surface area contributed by atoms with Gasteiger partial charge in [0.25, 0.3) is 0 Å². The van der Waals surface area contributed by atoms with Gasteiger partial charge in [0.15, 0.2) is 0 Å². The van der Waals surface area contributed by atoms with Gasteiger partial charge >= 0.3 is 0 Å². The van der Waals surface area contributed by atoms with Gasteiger partial charge in [0.2, 0.25) is 0 Å². The lowest BCUT2D eigenvalue weighted by atomic mass is 10.0. The summed E-state index contributed by atoms with van der Waals surface area (Å²) in [5, 5.41) is 10.8. The van der Waals surface area contributed by atoms with Crippen molar-refractivity contribution >= 4 is 46.5 Å². The van der Waals surface area contributed by atoms with Gasteiger partial charge < -0.3 is 4.74 Å². The highest BCUT2D eigenvalue weighted by molar-refractivity contribution is 6.42. The summed E-state index contributed by atoms with van der Waals surface area (Å²) >= 11 is 17.9. The van der Waals surface area contributed by atoms with E-state index < -0.39 is 0 Å². The Morgan fingerprint density at radius 3 is 2.55 bits per heavy atom. The van der Waals surface area contributed by atoms with Crippen molar-refractivity contribution in [3.63, 3.8) is 0 Å². The number of benzene rings is 2. The largest absolute Gasteiger partial charge is 0.493 e. The zero-order valence-corrected chi connectivity index (χ0v) is 14.0. The molecule has 0 aliphatic carbocycles. The van der Waals surface area contributed by atoms with Crippen molar-refractivity contribution in [1.82, 2.24) is 0 Å². The Morgan fingerprint density at radius 1 is 1.14 bits per heavy atom. The summed E-state index contributed by atoms with van der Waals surface area (Å²) in [5.74, 6) is 0.666. The van der Waals surface area contributed by atoms with Crippen LogP contribution in [0.3, 0.4) is 0 Å². The molecule has 5 heteroatoms. The minimum absolute atomic E-state index is 0.399. The first-order valence-electron chi connectivity index (χ1n) is 6.54. The van der Waals surface area contributed by atoms with Crippen LogP contribution >= 0.6 is 34.8 Å². The van der Waals surface area contributed by atoms with Crippen LogP contribution in [0.2, 0.25) is 15.1 Å². The maximum absolute atomic E-state index is 9.42. The topological polar surface area (TPSA) is 33.0 Å². The van der Waals surface area contributed by atoms with E-state index in [4.69, 9.17) is 39.5 Å². The highest BCUT2D eigenvalue weighted by Gasteiger charge is 2.08. The molecule has 2 rings (SSSR count). The normalized spacial score (nSPS) is 11.1. The van der Waals surface area contributed by atoms with Gasteiger partial charge in [0.1, 0.15) is 5.75 Å². The van der Waals surface area contributed by atoms with Crippen LogP contribution in [0, 0.1) is 11.3 Å². The number of ether oxygens (including phenoxy) is 1. The zero-order valence-electron chi connectivity index (χ0n) is 11.7. The van der Waals surface area contributed by atoms with Gasteiger partial charge in [-0.25, -0.2) is 0 Å². The number of nitrogens with zero attached hydrogens (tertiary/aromatic N) is 1. The van der Waals surface area contributed by atoms with Crippen molar-refractivity contribution in [2.24, 2.45) is 0 Å². The second-order valence-corrected chi connectivity index (χ2v) is 5.66. The first-order valence-corrected chi connectivity index (χ1v) is 7.68. The number of rotatable bonds is 4. The molecule has 112 valence electrons. The predicted octanol–water partition coefficient (Wildman–Crippen LogP) is 6.11. The van der Waals surface area contributed by atoms with Gasteiger partial charge in [-0.2, -0.15) is 5.26 Å². The molecule has 0 saturated carbocycles. The lowest BCUT2D eigenvalue weighted by Gasteiger charge is -2.08. The number of allylic oxidation sites excluding steroid dienone is 1. The van der Waals surface area contributed by atoms with Crippen LogP contribution in [0.5, 0.6) is 5.75 Å². The zero-order chi connectivity index (χ0) is 16.1. The van der Waals surface area contributed by atoms with Gasteiger partial charge in [-0.15, -0.1) is 0 Å². The number of nitriles is 1. The molecule has 0 saturated heterocycles. The minimum Gasteiger partial charge on any atom is -0.493 e. The van der Waals surface area contributed by atoms with Crippen molar-refractivity contribution in [1.29, 1.82) is 5.26 Å². The Morgan fingerprint density at radius 2 is 1.91 bits per heavy atom. The summed E-state index contributed by atoms with van der Waals surface area (Å²) < 4.78 is 5.56. The van der Waals surface area contributed by atoms with E-state index in [0.29, 0.717) is 38.6 Å². The summed E-state index contributed by atoms with van der Waals surface area (Å²) in [6.45, 7) is 2.42. The molecular weight excluding hydrogens is 341 g/mol. The Bertz CT molecular complexity index is 763. The van der Waals surface area contributed by atoms with Crippen LogP contribution < -0.4 is 4.74 Å². The second-order valence-electron chi connectivity index (χ2n) is 4.41. The van der Waals surface area contributed by atoms with Gasteiger partial charge in [-0.3, -0.25) is 0 Å². The predicted molar refractivity (Wildman–Crippen MR) is 92.6 cm³/mol. The van der Waals surface area contributed by atoms with Crippen LogP contribution in [-0.2, 0) is 0 Å². The molecule has 0 N–H and O–H groups in total. The number of hydrogen-bond acceptors (Lipinski definition) is 2. The van der Waals surface area contributed by atoms with Gasteiger partial charge in [-0.1, -0.05) is 40.9 Å². The highest BCUT2D eigenvalue weighted by atomic mass is 35.5. The molecule has 0 amide bonds. The molecule has 2 aromatic rings. The van der Waals surface area contributed by atoms with Crippen molar-refractivity contribution in [3.8, 4) is 11.8 Å². The quantitative estimate of drug-likeness (QED) is 0.491. The monoisotopic (exact) mass is 351 g/mol. The van der Waals surface area contributed by atoms with Crippen molar-refractivity contribution in [3.05, 3.63) is 62.6 Å². The molecular formula is C17H12Cl3NO. The molecule has 2 aromatic carbocycles. The molecule has 22 heavy (non-hydrogen) atoms. The Kier molecular flexibility index (Phi) is 5.74. The molecule has 0 unspecified atom stereocenters. The van der Waals surface area contributed by atoms with E-state index in [1.54, 1.807) is 42.5 Å². The van der Waals surface area contributed by atoms with Crippen LogP contribution in [-0.4, -0.2) is 6.61 Å². The summed E-state index contributed by atoms with van der Waals surface area (Å²) in [5.41, 5.74) is 1.86. The van der Waals surface area contributed by atoms with E-state index in [9.17, 15) is 5.26 Å². The van der Waals surface area contributed by atoms with Crippen LogP contribution in [0.15, 0.2) is 36.4 Å². The van der Waals surface area contributed by atoms with E-state index in [1.165, 1.54) is 0 Å². The SMILES string of the molecule is CCOc1ccc(Cl)cc1/C=C(/C#N)c1ccc(Cl)c(Cl)c1. The third kappa shape index (κ3) is 3.96. The summed E-state index contributed by atoms with van der Waals surface area (Å²) in [7, 11) is 0. The van der Waals surface area contributed by atoms with Crippen molar-refractivity contribution in [2.75, 3.05) is 6.61 Å². The Balaban J connectivity index is 2.51. The van der Waals surface area contributed by atoms with Crippen LogP contribution in [0.1, 0.15) is 18.1 Å². The molecule has 0 fully saturated rings. The lowest BCUT2D eigenvalue weighted by Crippen LogP contribution is -1.94. The summed E-state index contributed by atoms with van der Waals surface area (Å²) in [4.78, 5) is 0.